The Kier molecular flexibility index (Phi) is 7.36. The number of aryl methyl sites for hydroxylation is 1. The normalized spacial score (nSPS) is 17.8. The van der Waals surface area contributed by atoms with Crippen LogP contribution in [0.5, 0.6) is 0 Å². The zero-order valence-corrected chi connectivity index (χ0v) is 23.7. The van der Waals surface area contributed by atoms with E-state index in [1.54, 1.807) is 25.1 Å². The lowest BCUT2D eigenvalue weighted by molar-refractivity contribution is -0.119. The highest BCUT2D eigenvalue weighted by atomic mass is 35.5. The highest BCUT2D eigenvalue weighted by molar-refractivity contribution is 6.32. The van der Waals surface area contributed by atoms with Crippen molar-refractivity contribution < 1.29 is 13.6 Å². The number of fused-ring (bicyclic) bond motifs is 5. The van der Waals surface area contributed by atoms with Crippen LogP contribution < -0.4 is 10.9 Å². The van der Waals surface area contributed by atoms with Gasteiger partial charge >= 0.3 is 6.55 Å². The summed E-state index contributed by atoms with van der Waals surface area (Å²) in [4.78, 5) is 35.7. The summed E-state index contributed by atoms with van der Waals surface area (Å²) in [6.45, 7) is -1.12. The Morgan fingerprint density at radius 2 is 1.88 bits per heavy atom. The lowest BCUT2D eigenvalue weighted by atomic mass is 9.99. The number of anilines is 1. The Labute approximate surface area is 244 Å². The van der Waals surface area contributed by atoms with Gasteiger partial charge in [-0.15, -0.1) is 0 Å². The maximum Gasteiger partial charge on any atom is 0.333 e. The van der Waals surface area contributed by atoms with Gasteiger partial charge in [0.25, 0.3) is 5.56 Å². The van der Waals surface area contributed by atoms with Crippen LogP contribution in [0.25, 0.3) is 33.4 Å². The number of nitrogens with one attached hydrogen (secondary N) is 1. The van der Waals surface area contributed by atoms with Crippen LogP contribution in [0.1, 0.15) is 50.9 Å². The van der Waals surface area contributed by atoms with Gasteiger partial charge in [-0.05, 0) is 43.2 Å². The molecule has 1 N–H and O–H groups in total. The SMILES string of the molecule is C[C@@H]1CCCC[C@H](n2cnc(-c3cc(Cl)cc4ccn(C)c34)cc2=O)c2cc(ccn2)-c2c(cnn2C(F)F)NC1=O. The molecule has 4 aromatic heterocycles. The first-order valence-electron chi connectivity index (χ1n) is 13.7. The molecule has 0 aliphatic carbocycles. The molecule has 12 heteroatoms. The Morgan fingerprint density at radius 1 is 1.07 bits per heavy atom. The minimum Gasteiger partial charge on any atom is -0.350 e. The zero-order valence-electron chi connectivity index (χ0n) is 23.0. The molecule has 0 spiro atoms. The minimum absolute atomic E-state index is 0.0700. The van der Waals surface area contributed by atoms with E-state index in [9.17, 15) is 18.4 Å². The van der Waals surface area contributed by atoms with Crippen molar-refractivity contribution in [3.05, 3.63) is 82.4 Å². The first-order valence-corrected chi connectivity index (χ1v) is 14.0. The van der Waals surface area contributed by atoms with Crippen molar-refractivity contribution in [2.24, 2.45) is 13.0 Å². The van der Waals surface area contributed by atoms with Crippen LogP contribution in [0.3, 0.4) is 0 Å². The van der Waals surface area contributed by atoms with Crippen molar-refractivity contribution in [3.63, 3.8) is 0 Å². The molecule has 0 saturated heterocycles. The summed E-state index contributed by atoms with van der Waals surface area (Å²) in [6.07, 6.45) is 8.73. The molecule has 1 amide bonds. The van der Waals surface area contributed by atoms with E-state index in [1.807, 2.05) is 29.9 Å². The Morgan fingerprint density at radius 3 is 2.67 bits per heavy atom. The highest BCUT2D eigenvalue weighted by Gasteiger charge is 2.25. The van der Waals surface area contributed by atoms with Crippen molar-refractivity contribution in [1.82, 2.24) is 28.9 Å². The van der Waals surface area contributed by atoms with Gasteiger partial charge in [0.05, 0.1) is 46.9 Å². The Hall–Kier alpha value is -4.38. The third-order valence-electron chi connectivity index (χ3n) is 7.83. The van der Waals surface area contributed by atoms with E-state index in [1.165, 1.54) is 29.4 Å². The number of hydrogen-bond acceptors (Lipinski definition) is 5. The molecule has 0 radical (unpaired) electrons. The molecule has 216 valence electrons. The number of carbonyl (C=O) groups is 1. The molecule has 5 aromatic rings. The summed E-state index contributed by atoms with van der Waals surface area (Å²) >= 11 is 6.38. The van der Waals surface area contributed by atoms with Crippen LogP contribution in [0.4, 0.5) is 14.5 Å². The fraction of sp³-hybridized carbons (Fsp3) is 0.300. The standard InChI is InChI=1S/C30H28ClF2N7O2/c1-17-5-3-4-6-25(23-12-18(7-9-34-23)28-24(37-29(17)42)15-36-40(28)30(32)33)39-16-35-22(14-26(39)41)21-13-20(31)11-19-8-10-38(2)27(19)21/h7-17,25,30H,3-6H2,1-2H3,(H,37,42)/t17-,25+/m1/s1. The van der Waals surface area contributed by atoms with E-state index in [4.69, 9.17) is 11.6 Å². The van der Waals surface area contributed by atoms with Gasteiger partial charge in [-0.1, -0.05) is 31.4 Å². The summed E-state index contributed by atoms with van der Waals surface area (Å²) < 4.78 is 32.0. The number of halogens is 3. The number of aromatic nitrogens is 6. The number of pyridine rings is 1. The van der Waals surface area contributed by atoms with Crippen molar-refractivity contribution in [3.8, 4) is 22.5 Å². The number of carbonyl (C=O) groups excluding carboxylic acids is 1. The van der Waals surface area contributed by atoms with E-state index in [0.717, 1.165) is 22.9 Å². The van der Waals surface area contributed by atoms with Gasteiger partial charge in [-0.2, -0.15) is 13.9 Å². The van der Waals surface area contributed by atoms with E-state index in [2.05, 4.69) is 20.4 Å². The van der Waals surface area contributed by atoms with Crippen molar-refractivity contribution in [2.45, 2.75) is 45.2 Å². The van der Waals surface area contributed by atoms with E-state index >= 15 is 0 Å². The molecule has 1 aliphatic rings. The molecular formula is C30H28ClF2N7O2. The molecule has 0 saturated carbocycles. The average molecular weight is 592 g/mol. The second-order valence-corrected chi connectivity index (χ2v) is 11.1. The van der Waals surface area contributed by atoms with E-state index in [0.29, 0.717) is 45.9 Å². The second-order valence-electron chi connectivity index (χ2n) is 10.6. The Bertz CT molecular complexity index is 1860. The fourth-order valence-corrected chi connectivity index (χ4v) is 5.89. The monoisotopic (exact) mass is 591 g/mol. The van der Waals surface area contributed by atoms with Crippen LogP contribution in [0.15, 0.2) is 66.1 Å². The summed E-state index contributed by atoms with van der Waals surface area (Å²) in [6, 6.07) is 9.83. The zero-order chi connectivity index (χ0) is 29.5. The average Bonchev–Trinajstić information content (AvgIpc) is 3.56. The van der Waals surface area contributed by atoms with Gasteiger partial charge in [0.1, 0.15) is 0 Å². The lowest BCUT2D eigenvalue weighted by Crippen LogP contribution is -2.26. The molecule has 5 heterocycles. The molecule has 2 atom stereocenters. The largest absolute Gasteiger partial charge is 0.350 e. The lowest BCUT2D eigenvalue weighted by Gasteiger charge is -2.20. The van der Waals surface area contributed by atoms with Gasteiger partial charge in [-0.25, -0.2) is 9.67 Å². The molecule has 0 unspecified atom stereocenters. The number of rotatable bonds is 3. The van der Waals surface area contributed by atoms with Crippen LogP contribution in [-0.4, -0.2) is 34.8 Å². The molecule has 1 aliphatic heterocycles. The van der Waals surface area contributed by atoms with E-state index < -0.39 is 12.6 Å². The van der Waals surface area contributed by atoms with Crippen LogP contribution >= 0.6 is 11.6 Å². The molecule has 6 rings (SSSR count). The second kappa shape index (κ2) is 11.1. The first kappa shape index (κ1) is 27.8. The third kappa shape index (κ3) is 5.09. The Balaban J connectivity index is 1.46. The summed E-state index contributed by atoms with van der Waals surface area (Å²) in [5.41, 5.74) is 3.02. The van der Waals surface area contributed by atoms with Crippen molar-refractivity contribution in [1.29, 1.82) is 0 Å². The molecule has 9 nitrogen and oxygen atoms in total. The number of alkyl halides is 2. The molecular weight excluding hydrogens is 564 g/mol. The number of amides is 1. The van der Waals surface area contributed by atoms with E-state index in [-0.39, 0.29) is 28.8 Å². The summed E-state index contributed by atoms with van der Waals surface area (Å²) in [5, 5.41) is 8.08. The molecule has 2 bridgehead atoms. The van der Waals surface area contributed by atoms with Crippen LogP contribution in [-0.2, 0) is 11.8 Å². The smallest absolute Gasteiger partial charge is 0.333 e. The predicted octanol–water partition coefficient (Wildman–Crippen LogP) is 6.45. The van der Waals surface area contributed by atoms with Gasteiger partial charge in [0.2, 0.25) is 5.91 Å². The molecule has 1 aromatic carbocycles. The highest BCUT2D eigenvalue weighted by Crippen LogP contribution is 2.35. The van der Waals surface area contributed by atoms with Crippen molar-refractivity contribution in [2.75, 3.05) is 5.32 Å². The third-order valence-corrected chi connectivity index (χ3v) is 8.05. The van der Waals surface area contributed by atoms with Gasteiger partial charge in [0, 0.05) is 53.0 Å². The summed E-state index contributed by atoms with van der Waals surface area (Å²) in [5.74, 6) is -0.608. The fourth-order valence-electron chi connectivity index (χ4n) is 5.67. The maximum atomic E-state index is 14.0. The molecule has 42 heavy (non-hydrogen) atoms. The number of benzene rings is 1. The number of hydrogen-bond donors (Lipinski definition) is 1. The maximum absolute atomic E-state index is 14.0. The quantitative estimate of drug-likeness (QED) is 0.260. The van der Waals surface area contributed by atoms with Crippen LogP contribution in [0, 0.1) is 5.92 Å². The molecule has 0 fully saturated rings. The van der Waals surface area contributed by atoms with Crippen molar-refractivity contribution >= 4 is 34.1 Å². The number of nitrogens with zero attached hydrogens (tertiary/aromatic N) is 6. The van der Waals surface area contributed by atoms with Gasteiger partial charge < -0.3 is 9.88 Å². The topological polar surface area (TPSA) is 99.6 Å². The summed E-state index contributed by atoms with van der Waals surface area (Å²) in [7, 11) is 1.92. The first-order chi connectivity index (χ1) is 20.2. The van der Waals surface area contributed by atoms with Crippen LogP contribution in [0.2, 0.25) is 5.02 Å². The van der Waals surface area contributed by atoms with Gasteiger partial charge in [0.15, 0.2) is 0 Å². The predicted molar refractivity (Wildman–Crippen MR) is 157 cm³/mol. The minimum atomic E-state index is -2.92. The van der Waals surface area contributed by atoms with Gasteiger partial charge in [-0.3, -0.25) is 19.1 Å².